The molecule has 1 atom stereocenters. The number of hydrogen-bond acceptors (Lipinski definition) is 4. The first-order valence-corrected chi connectivity index (χ1v) is 6.90. The van der Waals surface area contributed by atoms with Crippen molar-refractivity contribution in [2.24, 2.45) is 5.92 Å². The zero-order valence-corrected chi connectivity index (χ0v) is 11.4. The molecule has 1 aromatic heterocycles. The van der Waals surface area contributed by atoms with E-state index in [1.807, 2.05) is 6.07 Å². The van der Waals surface area contributed by atoms with Crippen molar-refractivity contribution in [3.05, 3.63) is 17.6 Å². The highest BCUT2D eigenvalue weighted by molar-refractivity contribution is 5.30. The number of rotatable bonds is 4. The van der Waals surface area contributed by atoms with Crippen LogP contribution in [0.15, 0.2) is 6.07 Å². The van der Waals surface area contributed by atoms with Crippen LogP contribution < -0.4 is 5.73 Å². The monoisotopic (exact) mass is 249 g/mol. The third-order valence-corrected chi connectivity index (χ3v) is 3.76. The van der Waals surface area contributed by atoms with Crippen molar-refractivity contribution in [2.75, 3.05) is 12.8 Å². The maximum Gasteiger partial charge on any atom is 0.159 e. The Balaban J connectivity index is 2.22. The molecule has 4 nitrogen and oxygen atoms in total. The molecular weight excluding hydrogens is 226 g/mol. The number of ether oxygens (including phenoxy) is 1. The highest BCUT2D eigenvalue weighted by Gasteiger charge is 2.27. The molecule has 0 radical (unpaired) electrons. The first-order valence-electron chi connectivity index (χ1n) is 6.90. The van der Waals surface area contributed by atoms with Crippen molar-refractivity contribution < 1.29 is 4.74 Å². The fourth-order valence-electron chi connectivity index (χ4n) is 2.79. The van der Waals surface area contributed by atoms with Gasteiger partial charge in [0.25, 0.3) is 0 Å². The average molecular weight is 249 g/mol. The first-order chi connectivity index (χ1) is 8.74. The van der Waals surface area contributed by atoms with Gasteiger partial charge >= 0.3 is 0 Å². The van der Waals surface area contributed by atoms with Crippen molar-refractivity contribution in [1.82, 2.24) is 9.97 Å². The Labute approximate surface area is 109 Å². The van der Waals surface area contributed by atoms with Crippen LogP contribution in [0.2, 0.25) is 0 Å². The number of nitrogens with zero attached hydrogens (tertiary/aromatic N) is 2. The molecule has 0 aliphatic heterocycles. The van der Waals surface area contributed by atoms with Crippen LogP contribution in [0.4, 0.5) is 5.82 Å². The largest absolute Gasteiger partial charge is 0.384 e. The van der Waals surface area contributed by atoms with Crippen LogP contribution in [-0.4, -0.2) is 17.1 Å². The lowest BCUT2D eigenvalue weighted by molar-refractivity contribution is 0.0289. The summed E-state index contributed by atoms with van der Waals surface area (Å²) in [6.07, 6.45) is 7.20. The second-order valence-electron chi connectivity index (χ2n) is 5.05. The summed E-state index contributed by atoms with van der Waals surface area (Å²) in [5, 5.41) is 0. The summed E-state index contributed by atoms with van der Waals surface area (Å²) in [5.74, 6) is 1.85. The van der Waals surface area contributed by atoms with Crippen molar-refractivity contribution in [3.8, 4) is 0 Å². The van der Waals surface area contributed by atoms with E-state index in [0.29, 0.717) is 11.7 Å². The zero-order chi connectivity index (χ0) is 13.0. The van der Waals surface area contributed by atoms with Gasteiger partial charge in [0.1, 0.15) is 11.9 Å². The molecular formula is C14H23N3O. The highest BCUT2D eigenvalue weighted by atomic mass is 16.5. The van der Waals surface area contributed by atoms with Gasteiger partial charge in [-0.3, -0.25) is 0 Å². The molecule has 1 unspecified atom stereocenters. The van der Waals surface area contributed by atoms with Gasteiger partial charge in [-0.15, -0.1) is 0 Å². The Hall–Kier alpha value is -1.16. The lowest BCUT2D eigenvalue weighted by atomic mass is 9.85. The maximum atomic E-state index is 5.85. The number of methoxy groups -OCH3 is 1. The van der Waals surface area contributed by atoms with Gasteiger partial charge in [0.05, 0.1) is 0 Å². The summed E-state index contributed by atoms with van der Waals surface area (Å²) >= 11 is 0. The standard InChI is InChI=1S/C14H23N3O/c1-3-11-9-12(15)17-14(16-11)13(18-2)10-7-5-4-6-8-10/h9-10,13H,3-8H2,1-2H3,(H2,15,16,17). The van der Waals surface area contributed by atoms with E-state index in [1.165, 1.54) is 32.1 Å². The number of anilines is 1. The van der Waals surface area contributed by atoms with E-state index in [1.54, 1.807) is 7.11 Å². The minimum absolute atomic E-state index is 0.000833. The Morgan fingerprint density at radius 1 is 1.33 bits per heavy atom. The molecule has 4 heteroatoms. The molecule has 1 heterocycles. The molecule has 2 N–H and O–H groups in total. The molecule has 0 amide bonds. The number of aryl methyl sites for hydroxylation is 1. The highest BCUT2D eigenvalue weighted by Crippen LogP contribution is 2.35. The van der Waals surface area contributed by atoms with Crippen molar-refractivity contribution in [2.45, 2.75) is 51.6 Å². The predicted molar refractivity (Wildman–Crippen MR) is 72.1 cm³/mol. The second-order valence-corrected chi connectivity index (χ2v) is 5.05. The molecule has 1 fully saturated rings. The predicted octanol–water partition coefficient (Wildman–Crippen LogP) is 2.89. The van der Waals surface area contributed by atoms with Gasteiger partial charge < -0.3 is 10.5 Å². The summed E-state index contributed by atoms with van der Waals surface area (Å²) in [6.45, 7) is 2.08. The number of nitrogens with two attached hydrogens (primary N) is 1. The van der Waals surface area contributed by atoms with Gasteiger partial charge in [-0.2, -0.15) is 0 Å². The maximum absolute atomic E-state index is 5.85. The lowest BCUT2D eigenvalue weighted by Crippen LogP contribution is -2.21. The van der Waals surface area contributed by atoms with Crippen molar-refractivity contribution in [3.63, 3.8) is 0 Å². The van der Waals surface area contributed by atoms with Gasteiger partial charge in [0.15, 0.2) is 5.82 Å². The average Bonchev–Trinajstić information content (AvgIpc) is 2.40. The molecule has 100 valence electrons. The van der Waals surface area contributed by atoms with E-state index in [4.69, 9.17) is 10.5 Å². The van der Waals surface area contributed by atoms with Gasteiger partial charge in [0, 0.05) is 18.9 Å². The minimum atomic E-state index is -0.000833. The Bertz CT molecular complexity index is 389. The molecule has 0 spiro atoms. The molecule has 18 heavy (non-hydrogen) atoms. The zero-order valence-electron chi connectivity index (χ0n) is 11.4. The van der Waals surface area contributed by atoms with Crippen molar-refractivity contribution >= 4 is 5.82 Å². The van der Waals surface area contributed by atoms with Crippen LogP contribution in [0.25, 0.3) is 0 Å². The summed E-state index contributed by atoms with van der Waals surface area (Å²) in [5.41, 5.74) is 6.85. The van der Waals surface area contributed by atoms with Crippen LogP contribution in [0.5, 0.6) is 0 Å². The quantitative estimate of drug-likeness (QED) is 0.891. The first kappa shape index (κ1) is 13.3. The third kappa shape index (κ3) is 2.99. The molecule has 1 aliphatic carbocycles. The van der Waals surface area contributed by atoms with Gasteiger partial charge in [0.2, 0.25) is 0 Å². The lowest BCUT2D eigenvalue weighted by Gasteiger charge is -2.28. The van der Waals surface area contributed by atoms with Gasteiger partial charge in [-0.25, -0.2) is 9.97 Å². The van der Waals surface area contributed by atoms with E-state index in [9.17, 15) is 0 Å². The number of nitrogen functional groups attached to an aromatic ring is 1. The summed E-state index contributed by atoms with van der Waals surface area (Å²) in [6, 6.07) is 1.84. The van der Waals surface area contributed by atoms with Crippen molar-refractivity contribution in [1.29, 1.82) is 0 Å². The SMILES string of the molecule is CCc1cc(N)nc(C(OC)C2CCCCC2)n1. The Morgan fingerprint density at radius 2 is 2.06 bits per heavy atom. The van der Waals surface area contributed by atoms with Gasteiger partial charge in [-0.1, -0.05) is 26.2 Å². The summed E-state index contributed by atoms with van der Waals surface area (Å²) in [7, 11) is 1.75. The van der Waals surface area contributed by atoms with E-state index in [-0.39, 0.29) is 6.10 Å². The minimum Gasteiger partial charge on any atom is -0.384 e. The van der Waals surface area contributed by atoms with E-state index >= 15 is 0 Å². The third-order valence-electron chi connectivity index (χ3n) is 3.76. The fraction of sp³-hybridized carbons (Fsp3) is 0.714. The number of hydrogen-bond donors (Lipinski definition) is 1. The summed E-state index contributed by atoms with van der Waals surface area (Å²) < 4.78 is 5.65. The van der Waals surface area contributed by atoms with E-state index < -0.39 is 0 Å². The molecule has 0 saturated heterocycles. The van der Waals surface area contributed by atoms with Crippen LogP contribution in [0, 0.1) is 5.92 Å². The van der Waals surface area contributed by atoms with Gasteiger partial charge in [-0.05, 0) is 25.2 Å². The van der Waals surface area contributed by atoms with Crippen LogP contribution in [0.1, 0.15) is 56.7 Å². The fourth-order valence-corrected chi connectivity index (χ4v) is 2.79. The molecule has 1 aliphatic rings. The topological polar surface area (TPSA) is 61.0 Å². The molecule has 1 saturated carbocycles. The van der Waals surface area contributed by atoms with Crippen LogP contribution in [-0.2, 0) is 11.2 Å². The van der Waals surface area contributed by atoms with E-state index in [2.05, 4.69) is 16.9 Å². The van der Waals surface area contributed by atoms with Crippen LogP contribution >= 0.6 is 0 Å². The Morgan fingerprint density at radius 3 is 2.67 bits per heavy atom. The summed E-state index contributed by atoms with van der Waals surface area (Å²) in [4.78, 5) is 8.95. The molecule has 0 aromatic carbocycles. The second kappa shape index (κ2) is 6.14. The normalized spacial score (nSPS) is 18.8. The molecule has 2 rings (SSSR count). The smallest absolute Gasteiger partial charge is 0.159 e. The van der Waals surface area contributed by atoms with E-state index in [0.717, 1.165) is 17.9 Å². The molecule has 0 bridgehead atoms. The number of aromatic nitrogens is 2. The van der Waals surface area contributed by atoms with Crippen LogP contribution in [0.3, 0.4) is 0 Å². The Kier molecular flexibility index (Phi) is 4.53. The molecule has 1 aromatic rings.